The summed E-state index contributed by atoms with van der Waals surface area (Å²) in [7, 11) is 0. The molecule has 0 spiro atoms. The molecule has 0 saturated heterocycles. The van der Waals surface area contributed by atoms with Gasteiger partial charge in [0.1, 0.15) is 26.4 Å². The summed E-state index contributed by atoms with van der Waals surface area (Å²) in [5, 5.41) is 15.6. The van der Waals surface area contributed by atoms with E-state index in [9.17, 15) is 9.90 Å². The van der Waals surface area contributed by atoms with E-state index in [1.54, 1.807) is 0 Å². The Balaban J connectivity index is 1.46. The number of fused-ring (bicyclic) bond motifs is 1. The highest BCUT2D eigenvalue weighted by atomic mass is 35.5. The van der Waals surface area contributed by atoms with Crippen molar-refractivity contribution in [3.63, 3.8) is 0 Å². The van der Waals surface area contributed by atoms with Gasteiger partial charge in [0.15, 0.2) is 5.01 Å². The summed E-state index contributed by atoms with van der Waals surface area (Å²) in [6, 6.07) is 2.33. The predicted molar refractivity (Wildman–Crippen MR) is 139 cm³/mol. The third-order valence-corrected chi connectivity index (χ3v) is 8.22. The standard InChI is InChI=1S/C24H27ClN6O2S2/c1-13(2)6-21-30-18-9-26-17(23-29-15(11-32)12-34-23)8-19(18)31(21)16-5-3-4-14(7-16)28-22(33)24-27-10-20(25)35-24/h8-10,12-14,16,32H,3-7,11H2,1-2H3,(H,28,33)/t14-,16+/m0/s1. The third-order valence-electron chi connectivity index (χ3n) is 6.19. The fourth-order valence-corrected chi connectivity index (χ4v) is 6.31. The lowest BCUT2D eigenvalue weighted by atomic mass is 9.90. The number of amides is 1. The normalized spacial score (nSPS) is 18.4. The number of aliphatic hydroxyl groups excluding tert-OH is 1. The molecule has 1 fully saturated rings. The Bertz CT molecular complexity index is 1350. The van der Waals surface area contributed by atoms with Crippen LogP contribution in [0.1, 0.15) is 66.9 Å². The molecule has 11 heteroatoms. The van der Waals surface area contributed by atoms with E-state index in [2.05, 4.69) is 44.7 Å². The second-order valence-corrected chi connectivity index (χ2v) is 11.8. The van der Waals surface area contributed by atoms with Gasteiger partial charge in [0.25, 0.3) is 5.91 Å². The van der Waals surface area contributed by atoms with Crippen molar-refractivity contribution in [2.45, 2.75) is 64.6 Å². The zero-order chi connectivity index (χ0) is 24.5. The van der Waals surface area contributed by atoms with Gasteiger partial charge < -0.3 is 15.0 Å². The smallest absolute Gasteiger partial charge is 0.280 e. The number of hydrogen-bond donors (Lipinski definition) is 2. The van der Waals surface area contributed by atoms with Gasteiger partial charge in [-0.15, -0.1) is 11.3 Å². The molecule has 2 N–H and O–H groups in total. The van der Waals surface area contributed by atoms with Gasteiger partial charge in [0.05, 0.1) is 30.2 Å². The zero-order valence-corrected chi connectivity index (χ0v) is 22.0. The summed E-state index contributed by atoms with van der Waals surface area (Å²) in [6.07, 6.45) is 7.99. The maximum atomic E-state index is 12.7. The third kappa shape index (κ3) is 5.25. The first-order valence-corrected chi connectivity index (χ1v) is 13.8. The molecule has 0 bridgehead atoms. The summed E-state index contributed by atoms with van der Waals surface area (Å²) in [5.41, 5.74) is 3.33. The molecule has 8 nitrogen and oxygen atoms in total. The minimum atomic E-state index is -0.166. The van der Waals surface area contributed by atoms with Gasteiger partial charge in [0.2, 0.25) is 0 Å². The molecule has 2 atom stereocenters. The van der Waals surface area contributed by atoms with Gasteiger partial charge >= 0.3 is 0 Å². The van der Waals surface area contributed by atoms with Gasteiger partial charge in [-0.25, -0.2) is 15.0 Å². The highest BCUT2D eigenvalue weighted by Gasteiger charge is 2.29. The molecular weight excluding hydrogens is 504 g/mol. The summed E-state index contributed by atoms with van der Waals surface area (Å²) in [6.45, 7) is 4.31. The number of nitrogens with one attached hydrogen (secondary N) is 1. The topological polar surface area (TPSA) is 106 Å². The largest absolute Gasteiger partial charge is 0.390 e. The molecule has 4 heterocycles. The molecule has 184 valence electrons. The van der Waals surface area contributed by atoms with Crippen molar-refractivity contribution >= 4 is 51.2 Å². The van der Waals surface area contributed by atoms with Crippen molar-refractivity contribution in [2.24, 2.45) is 5.92 Å². The zero-order valence-electron chi connectivity index (χ0n) is 19.6. The predicted octanol–water partition coefficient (Wildman–Crippen LogP) is 5.27. The molecule has 1 aliphatic carbocycles. The minimum absolute atomic E-state index is 0.0562. The minimum Gasteiger partial charge on any atom is -0.390 e. The van der Waals surface area contributed by atoms with Gasteiger partial charge in [-0.2, -0.15) is 0 Å². The van der Waals surface area contributed by atoms with E-state index in [1.807, 2.05) is 11.6 Å². The lowest BCUT2D eigenvalue weighted by molar-refractivity contribution is 0.0920. The van der Waals surface area contributed by atoms with Crippen molar-refractivity contribution in [2.75, 3.05) is 0 Å². The summed E-state index contributed by atoms with van der Waals surface area (Å²) >= 11 is 8.64. The fourth-order valence-electron chi connectivity index (χ4n) is 4.72. The number of carbonyl (C=O) groups is 1. The molecule has 0 radical (unpaired) electrons. The van der Waals surface area contributed by atoms with Gasteiger partial charge in [-0.3, -0.25) is 9.78 Å². The first-order valence-electron chi connectivity index (χ1n) is 11.8. The molecule has 4 aromatic rings. The van der Waals surface area contributed by atoms with Crippen molar-refractivity contribution in [1.29, 1.82) is 0 Å². The monoisotopic (exact) mass is 530 g/mol. The maximum Gasteiger partial charge on any atom is 0.280 e. The van der Waals surface area contributed by atoms with E-state index >= 15 is 0 Å². The highest BCUT2D eigenvalue weighted by Crippen LogP contribution is 2.35. The van der Waals surface area contributed by atoms with Crippen LogP contribution in [0.3, 0.4) is 0 Å². The van der Waals surface area contributed by atoms with Crippen LogP contribution >= 0.6 is 34.3 Å². The molecule has 0 aliphatic heterocycles. The van der Waals surface area contributed by atoms with E-state index in [-0.39, 0.29) is 24.6 Å². The van der Waals surface area contributed by atoms with Crippen LogP contribution in [0.15, 0.2) is 23.8 Å². The number of halogens is 1. The van der Waals surface area contributed by atoms with Crippen LogP contribution in [0.25, 0.3) is 21.7 Å². The Kier molecular flexibility index (Phi) is 7.15. The van der Waals surface area contributed by atoms with Gasteiger partial charge in [0, 0.05) is 23.9 Å². The second kappa shape index (κ2) is 10.3. The van der Waals surface area contributed by atoms with Crippen molar-refractivity contribution in [1.82, 2.24) is 29.8 Å². The molecule has 1 amide bonds. The number of imidazole rings is 1. The molecular formula is C24H27ClN6O2S2. The van der Waals surface area contributed by atoms with E-state index in [1.165, 1.54) is 28.9 Å². The van der Waals surface area contributed by atoms with E-state index < -0.39 is 0 Å². The lowest BCUT2D eigenvalue weighted by Gasteiger charge is -2.32. The molecule has 0 aromatic carbocycles. The van der Waals surface area contributed by atoms with Gasteiger partial charge in [-0.1, -0.05) is 36.8 Å². The average Bonchev–Trinajstić information content (AvgIpc) is 3.56. The summed E-state index contributed by atoms with van der Waals surface area (Å²) in [5.74, 6) is 1.34. The van der Waals surface area contributed by atoms with Crippen LogP contribution < -0.4 is 5.32 Å². The molecule has 4 aromatic heterocycles. The molecule has 35 heavy (non-hydrogen) atoms. The van der Waals surface area contributed by atoms with E-state index in [0.29, 0.717) is 21.0 Å². The second-order valence-electron chi connectivity index (χ2n) is 9.32. The van der Waals surface area contributed by atoms with Crippen LogP contribution in [0, 0.1) is 5.92 Å². The lowest BCUT2D eigenvalue weighted by Crippen LogP contribution is -2.39. The fraction of sp³-hybridized carbons (Fsp3) is 0.458. The number of carbonyl (C=O) groups excluding carboxylic acids is 1. The average molecular weight is 531 g/mol. The maximum absolute atomic E-state index is 12.7. The van der Waals surface area contributed by atoms with Crippen LogP contribution in [-0.4, -0.2) is 41.6 Å². The number of nitrogens with zero attached hydrogens (tertiary/aromatic N) is 5. The Hall–Kier alpha value is -2.40. The molecule has 5 rings (SSSR count). The van der Waals surface area contributed by atoms with Gasteiger partial charge in [-0.05, 0) is 37.7 Å². The van der Waals surface area contributed by atoms with Crippen molar-refractivity contribution in [3.05, 3.63) is 44.7 Å². The number of thiazole rings is 2. The highest BCUT2D eigenvalue weighted by molar-refractivity contribution is 7.17. The Morgan fingerprint density at radius 3 is 2.86 bits per heavy atom. The number of hydrogen-bond acceptors (Lipinski definition) is 8. The first-order chi connectivity index (χ1) is 16.9. The first kappa shape index (κ1) is 24.3. The number of pyridine rings is 1. The van der Waals surface area contributed by atoms with Crippen LogP contribution in [0.5, 0.6) is 0 Å². The number of aromatic nitrogens is 5. The molecule has 1 aliphatic rings. The van der Waals surface area contributed by atoms with E-state index in [4.69, 9.17) is 16.6 Å². The van der Waals surface area contributed by atoms with E-state index in [0.717, 1.165) is 59.7 Å². The SMILES string of the molecule is CC(C)Cc1nc2cnc(-c3nc(CO)cs3)cc2n1[C@@H]1CCC[C@H](NC(=O)c2ncc(Cl)s2)C1. The van der Waals surface area contributed by atoms with Crippen molar-refractivity contribution < 1.29 is 9.90 Å². The Morgan fingerprint density at radius 1 is 1.29 bits per heavy atom. The number of aliphatic hydroxyl groups is 1. The quantitative estimate of drug-likeness (QED) is 0.337. The Morgan fingerprint density at radius 2 is 2.14 bits per heavy atom. The van der Waals surface area contributed by atoms with Crippen LogP contribution in [-0.2, 0) is 13.0 Å². The molecule has 1 saturated carbocycles. The van der Waals surface area contributed by atoms with Crippen LogP contribution in [0.4, 0.5) is 0 Å². The Labute approximate surface area is 216 Å². The van der Waals surface area contributed by atoms with Crippen LogP contribution in [0.2, 0.25) is 4.34 Å². The molecule has 0 unspecified atom stereocenters. The van der Waals surface area contributed by atoms with Crippen molar-refractivity contribution in [3.8, 4) is 10.7 Å². The summed E-state index contributed by atoms with van der Waals surface area (Å²) in [4.78, 5) is 30.9. The summed E-state index contributed by atoms with van der Waals surface area (Å²) < 4.78 is 2.87. The number of rotatable bonds is 7.